The summed E-state index contributed by atoms with van der Waals surface area (Å²) in [5.74, 6) is 0.914. The zero-order valence-electron chi connectivity index (χ0n) is 24.7. The van der Waals surface area contributed by atoms with Gasteiger partial charge in [0.1, 0.15) is 0 Å². The molecule has 0 bridgehead atoms. The Bertz CT molecular complexity index is 552. The summed E-state index contributed by atoms with van der Waals surface area (Å²) in [6.45, 7) is 37.0. The van der Waals surface area contributed by atoms with Gasteiger partial charge in [-0.25, -0.2) is 0 Å². The Hall–Kier alpha value is -1.35. The number of hydrogen-bond donors (Lipinski definition) is 1. The average Bonchev–Trinajstić information content (AvgIpc) is 2.72. The van der Waals surface area contributed by atoms with Crippen LogP contribution in [-0.4, -0.2) is 30.4 Å². The lowest BCUT2D eigenvalue weighted by Crippen LogP contribution is -2.32. The number of nitrogens with zero attached hydrogens (tertiary/aromatic N) is 1. The number of hydrogen-bond acceptors (Lipinski definition) is 2. The van der Waals surface area contributed by atoms with Gasteiger partial charge < -0.3 is 10.2 Å². The van der Waals surface area contributed by atoms with Gasteiger partial charge in [0.25, 0.3) is 0 Å². The minimum Gasteiger partial charge on any atom is -0.330 e. The number of carbonyl (C=O) groups is 1. The normalized spacial score (nSPS) is 12.9. The number of allylic oxidation sites excluding steroid dienone is 4. The molecule has 1 N–H and O–H groups in total. The fourth-order valence-electron chi connectivity index (χ4n) is 3.13. The lowest BCUT2D eigenvalue weighted by molar-refractivity contribution is -0.120. The summed E-state index contributed by atoms with van der Waals surface area (Å²) in [6.07, 6.45) is 9.16. The quantitative estimate of drug-likeness (QED) is 0.162. The Morgan fingerprint density at radius 1 is 1.00 bits per heavy atom. The van der Waals surface area contributed by atoms with Gasteiger partial charge in [-0.3, -0.25) is 4.79 Å². The summed E-state index contributed by atoms with van der Waals surface area (Å²) < 4.78 is 0. The van der Waals surface area contributed by atoms with Gasteiger partial charge in [-0.05, 0) is 62.4 Å². The van der Waals surface area contributed by atoms with Crippen LogP contribution >= 0.6 is 0 Å². The molecule has 0 aromatic carbocycles. The second-order valence-corrected chi connectivity index (χ2v) is 10.5. The molecule has 0 saturated heterocycles. The number of nitrogens with one attached hydrogen (secondary N) is 1. The van der Waals surface area contributed by atoms with Gasteiger partial charge in [0, 0.05) is 17.5 Å². The molecule has 0 aliphatic rings. The molecule has 0 aliphatic heterocycles. The van der Waals surface area contributed by atoms with E-state index in [0.29, 0.717) is 6.42 Å². The van der Waals surface area contributed by atoms with E-state index >= 15 is 0 Å². The smallest absolute Gasteiger partial charge is 0.224 e. The highest BCUT2D eigenvalue weighted by Gasteiger charge is 2.36. The van der Waals surface area contributed by atoms with Crippen LogP contribution in [-0.2, 0) is 4.79 Å². The third-order valence-corrected chi connectivity index (χ3v) is 5.76. The largest absolute Gasteiger partial charge is 0.330 e. The van der Waals surface area contributed by atoms with Gasteiger partial charge >= 0.3 is 0 Å². The van der Waals surface area contributed by atoms with Crippen molar-refractivity contribution in [2.45, 2.75) is 123 Å². The van der Waals surface area contributed by atoms with E-state index in [1.165, 1.54) is 19.3 Å². The summed E-state index contributed by atoms with van der Waals surface area (Å²) in [4.78, 5) is 14.7. The maximum atomic E-state index is 12.3. The molecule has 1 amide bonds. The fourth-order valence-corrected chi connectivity index (χ4v) is 3.13. The molecule has 0 heterocycles. The van der Waals surface area contributed by atoms with Crippen molar-refractivity contribution in [1.82, 2.24) is 10.2 Å². The Kier molecular flexibility index (Phi) is 25.9. The molecule has 0 aromatic rings. The van der Waals surface area contributed by atoms with Crippen molar-refractivity contribution in [2.24, 2.45) is 16.7 Å². The predicted molar refractivity (Wildman–Crippen MR) is 158 cm³/mol. The Morgan fingerprint density at radius 3 is 1.85 bits per heavy atom. The second-order valence-electron chi connectivity index (χ2n) is 10.5. The Balaban J connectivity index is -0.000000577. The van der Waals surface area contributed by atoms with Gasteiger partial charge in [0.2, 0.25) is 5.91 Å². The highest BCUT2D eigenvalue weighted by atomic mass is 16.1. The molecular weight excluding hydrogens is 416 g/mol. The summed E-state index contributed by atoms with van der Waals surface area (Å²) in [7, 11) is 0. The first-order valence-corrected chi connectivity index (χ1v) is 13.3. The van der Waals surface area contributed by atoms with Crippen LogP contribution in [0, 0.1) is 16.7 Å². The Morgan fingerprint density at radius 2 is 1.47 bits per heavy atom. The highest BCUT2D eigenvalue weighted by Crippen LogP contribution is 2.45. The van der Waals surface area contributed by atoms with E-state index in [4.69, 9.17) is 0 Å². The third-order valence-electron chi connectivity index (χ3n) is 5.76. The zero-order valence-corrected chi connectivity index (χ0v) is 24.7. The molecule has 1 atom stereocenters. The summed E-state index contributed by atoms with van der Waals surface area (Å²) in [5, 5.41) is 3.01. The first-order valence-electron chi connectivity index (χ1n) is 13.3. The predicted octanol–water partition coefficient (Wildman–Crippen LogP) is 9.42. The van der Waals surface area contributed by atoms with Crippen molar-refractivity contribution in [3.05, 3.63) is 36.6 Å². The van der Waals surface area contributed by atoms with Crippen LogP contribution in [0.2, 0.25) is 0 Å². The van der Waals surface area contributed by atoms with Crippen LogP contribution < -0.4 is 5.32 Å². The van der Waals surface area contributed by atoms with Crippen molar-refractivity contribution in [1.29, 1.82) is 0 Å². The van der Waals surface area contributed by atoms with Gasteiger partial charge in [0.15, 0.2) is 0 Å². The highest BCUT2D eigenvalue weighted by molar-refractivity contribution is 5.77. The molecule has 0 aromatic heterocycles. The molecule has 0 fully saturated rings. The van der Waals surface area contributed by atoms with Crippen LogP contribution in [0.5, 0.6) is 0 Å². The number of rotatable bonds is 13. The van der Waals surface area contributed by atoms with E-state index in [2.05, 4.69) is 85.7 Å². The fraction of sp³-hybridized carbons (Fsp3) is 0.774. The molecule has 34 heavy (non-hydrogen) atoms. The van der Waals surface area contributed by atoms with E-state index < -0.39 is 0 Å². The first kappa shape index (κ1) is 39.8. The number of amides is 1. The lowest BCUT2D eigenvalue weighted by atomic mass is 9.64. The van der Waals surface area contributed by atoms with E-state index in [9.17, 15) is 4.79 Å². The van der Waals surface area contributed by atoms with E-state index in [-0.39, 0.29) is 24.2 Å². The van der Waals surface area contributed by atoms with Gasteiger partial charge in [-0.2, -0.15) is 0 Å². The van der Waals surface area contributed by atoms with Crippen LogP contribution in [0.3, 0.4) is 0 Å². The molecule has 0 rings (SSSR count). The van der Waals surface area contributed by atoms with Crippen molar-refractivity contribution in [3.8, 4) is 0 Å². The standard InChI is InChI=1S/C24H44N2O.C4H10.C2H6.CH4/c1-10-13-14-17-26(12-3)18-15-16-22(27)25-21(5)19-20(4)24(9,11-2)23(6,7)8;1-4(2)3;1-2;/h11,19H,2,4,10,12-18H2,1,3,5-9H3,(H,25,27);4H,1-3H3;1-2H3;1H4/b21-19+;;;. The minimum absolute atomic E-state index is 0. The average molecular weight is 481 g/mol. The molecule has 0 saturated carbocycles. The maximum Gasteiger partial charge on any atom is 0.224 e. The molecule has 0 aliphatic carbocycles. The van der Waals surface area contributed by atoms with Crippen LogP contribution in [0.4, 0.5) is 0 Å². The Labute approximate surface area is 216 Å². The monoisotopic (exact) mass is 481 g/mol. The molecular formula is C31H64N2O. The van der Waals surface area contributed by atoms with Crippen molar-refractivity contribution in [3.63, 3.8) is 0 Å². The topological polar surface area (TPSA) is 32.3 Å². The SMILES string of the molecule is C.C=CC(C)(C(=C)/C=C(\C)NC(=O)CCCN(CC)CCCCC)C(C)(C)C.CC.CC(C)C. The zero-order chi connectivity index (χ0) is 26.7. The molecule has 3 nitrogen and oxygen atoms in total. The second kappa shape index (κ2) is 22.1. The van der Waals surface area contributed by atoms with Gasteiger partial charge in [-0.15, -0.1) is 6.58 Å². The molecule has 204 valence electrons. The third kappa shape index (κ3) is 19.0. The lowest BCUT2D eigenvalue weighted by Gasteiger charge is -2.40. The van der Waals surface area contributed by atoms with Crippen LogP contribution in [0.25, 0.3) is 0 Å². The molecule has 3 heteroatoms. The van der Waals surface area contributed by atoms with E-state index in [0.717, 1.165) is 43.2 Å². The summed E-state index contributed by atoms with van der Waals surface area (Å²) >= 11 is 0. The first-order chi connectivity index (χ1) is 15.2. The van der Waals surface area contributed by atoms with Crippen molar-refractivity contribution < 1.29 is 4.79 Å². The van der Waals surface area contributed by atoms with Crippen LogP contribution in [0.1, 0.15) is 123 Å². The number of unbranched alkanes of at least 4 members (excludes halogenated alkanes) is 2. The van der Waals surface area contributed by atoms with E-state index in [1.807, 2.05) is 32.9 Å². The van der Waals surface area contributed by atoms with Gasteiger partial charge in [-0.1, -0.05) is 109 Å². The van der Waals surface area contributed by atoms with Crippen LogP contribution in [0.15, 0.2) is 36.6 Å². The molecule has 0 spiro atoms. The van der Waals surface area contributed by atoms with Crippen molar-refractivity contribution >= 4 is 5.91 Å². The summed E-state index contributed by atoms with van der Waals surface area (Å²) in [6, 6.07) is 0. The number of carbonyl (C=O) groups excluding carboxylic acids is 1. The minimum atomic E-state index is -0.223. The summed E-state index contributed by atoms with van der Waals surface area (Å²) in [5.41, 5.74) is 1.60. The van der Waals surface area contributed by atoms with E-state index in [1.54, 1.807) is 0 Å². The maximum absolute atomic E-state index is 12.3. The molecule has 1 unspecified atom stereocenters. The van der Waals surface area contributed by atoms with Crippen molar-refractivity contribution in [2.75, 3.05) is 19.6 Å². The molecule has 0 radical (unpaired) electrons. The van der Waals surface area contributed by atoms with Gasteiger partial charge in [0.05, 0.1) is 0 Å².